The predicted octanol–water partition coefficient (Wildman–Crippen LogP) is 2.44. The standard InChI is InChI=1S/C3H9P.3CH3.Au/c1-4(2)3;;;;/h1-3H3;3*1H3;/q;3*-1;+3/p+1. The Morgan fingerprint density at radius 1 is 0.750 bits per heavy atom. The van der Waals surface area contributed by atoms with Crippen LogP contribution in [-0.4, -0.2) is 20.0 Å². The average Bonchev–Trinajstić information content (AvgIpc) is 0.811. The van der Waals surface area contributed by atoms with E-state index in [1.807, 2.05) is 0 Å². The first-order valence-electron chi connectivity index (χ1n) is 1.50. The molecule has 0 spiro atoms. The van der Waals surface area contributed by atoms with Crippen LogP contribution in [0.3, 0.4) is 0 Å². The molecule has 0 saturated carbocycles. The molecule has 0 radical (unpaired) electrons. The van der Waals surface area contributed by atoms with Gasteiger partial charge in [0.1, 0.15) is 0 Å². The smallest absolute Gasteiger partial charge is 0.358 e. The largest absolute Gasteiger partial charge is 3.00 e. The van der Waals surface area contributed by atoms with Gasteiger partial charge in [0.05, 0.1) is 0 Å². The molecule has 0 amide bonds. The Balaban J connectivity index is -0.00000000750. The van der Waals surface area contributed by atoms with Crippen molar-refractivity contribution >= 4 is 7.92 Å². The zero-order chi connectivity index (χ0) is 3.58. The summed E-state index contributed by atoms with van der Waals surface area (Å²) >= 11 is 0. The van der Waals surface area contributed by atoms with E-state index in [1.54, 1.807) is 0 Å². The Labute approximate surface area is 72.7 Å². The Hall–Kier alpha value is 1.17. The van der Waals surface area contributed by atoms with E-state index < -0.39 is 0 Å². The molecule has 0 atom stereocenters. The molecule has 0 N–H and O–H groups in total. The molecule has 0 fully saturated rings. The van der Waals surface area contributed by atoms with Crippen LogP contribution < -0.4 is 0 Å². The monoisotopic (exact) mass is 319 g/mol. The fraction of sp³-hybridized carbons (Fsp3) is 0.500. The van der Waals surface area contributed by atoms with Crippen LogP contribution in [0, 0.1) is 22.3 Å². The van der Waals surface area contributed by atoms with Crippen molar-refractivity contribution in [3.05, 3.63) is 22.3 Å². The van der Waals surface area contributed by atoms with Crippen molar-refractivity contribution in [3.8, 4) is 0 Å². The van der Waals surface area contributed by atoms with E-state index in [-0.39, 0.29) is 52.6 Å². The third kappa shape index (κ3) is 199. The molecular formula is C6H19AuP+. The van der Waals surface area contributed by atoms with Crippen LogP contribution in [0.15, 0.2) is 0 Å². The van der Waals surface area contributed by atoms with Crippen molar-refractivity contribution in [2.24, 2.45) is 0 Å². The number of hydrogen-bond donors (Lipinski definition) is 0. The topological polar surface area (TPSA) is 0 Å². The maximum atomic E-state index is 2.27. The Morgan fingerprint density at radius 2 is 0.750 bits per heavy atom. The SMILES string of the molecule is C[PH+](C)C.[Au+3].[CH3-].[CH3-].[CH3-]. The quantitative estimate of drug-likeness (QED) is 0.365. The summed E-state index contributed by atoms with van der Waals surface area (Å²) in [5.74, 6) is 0. The van der Waals surface area contributed by atoms with E-state index in [0.717, 1.165) is 0 Å². The molecule has 0 aliphatic heterocycles. The Kier molecular flexibility index (Phi) is 106. The molecule has 0 aromatic rings. The minimum Gasteiger partial charge on any atom is -0.358 e. The zero-order valence-corrected chi connectivity index (χ0v) is 9.97. The minimum absolute atomic E-state index is 0. The molecule has 0 saturated heterocycles. The Bertz CT molecular complexity index is 13.2. The third-order valence-corrected chi connectivity index (χ3v) is 0. The van der Waals surface area contributed by atoms with Crippen molar-refractivity contribution in [2.75, 3.05) is 20.0 Å². The van der Waals surface area contributed by atoms with Crippen molar-refractivity contribution in [1.82, 2.24) is 0 Å². The zero-order valence-electron chi connectivity index (χ0n) is 6.80. The second-order valence-corrected chi connectivity index (χ2v) is 4.50. The molecule has 0 heterocycles. The molecule has 0 bridgehead atoms. The number of rotatable bonds is 0. The van der Waals surface area contributed by atoms with E-state index in [1.165, 1.54) is 0 Å². The molecule has 0 aromatic carbocycles. The van der Waals surface area contributed by atoms with E-state index in [4.69, 9.17) is 0 Å². The molecule has 58 valence electrons. The van der Waals surface area contributed by atoms with Crippen LogP contribution >= 0.6 is 7.92 Å². The van der Waals surface area contributed by atoms with Gasteiger partial charge in [-0.15, -0.1) is 0 Å². The summed E-state index contributed by atoms with van der Waals surface area (Å²) in [4.78, 5) is 0. The maximum absolute atomic E-state index is 2.27. The third-order valence-electron chi connectivity index (χ3n) is 0. The van der Waals surface area contributed by atoms with Gasteiger partial charge in [-0.3, -0.25) is 0 Å². The van der Waals surface area contributed by atoms with Crippen LogP contribution in [0.1, 0.15) is 0 Å². The summed E-state index contributed by atoms with van der Waals surface area (Å²) in [5, 5.41) is 0. The molecule has 2 heteroatoms. The minimum atomic E-state index is 0. The fourth-order valence-corrected chi connectivity index (χ4v) is 0. The van der Waals surface area contributed by atoms with E-state index >= 15 is 0 Å². The number of hydrogen-bond acceptors (Lipinski definition) is 0. The van der Waals surface area contributed by atoms with Gasteiger partial charge in [0.15, 0.2) is 0 Å². The van der Waals surface area contributed by atoms with Crippen LogP contribution in [0.25, 0.3) is 0 Å². The van der Waals surface area contributed by atoms with Gasteiger partial charge in [0.25, 0.3) is 0 Å². The fourth-order valence-electron chi connectivity index (χ4n) is 0. The predicted molar refractivity (Wildman–Crippen MR) is 45.3 cm³/mol. The van der Waals surface area contributed by atoms with Crippen LogP contribution in [0.5, 0.6) is 0 Å². The van der Waals surface area contributed by atoms with Crippen molar-refractivity contribution in [1.29, 1.82) is 0 Å². The molecule has 0 unspecified atom stereocenters. The first kappa shape index (κ1) is 35.2. The van der Waals surface area contributed by atoms with Crippen LogP contribution in [-0.2, 0) is 22.4 Å². The summed E-state index contributed by atoms with van der Waals surface area (Å²) in [7, 11) is 0.120. The van der Waals surface area contributed by atoms with Gasteiger partial charge in [-0.2, -0.15) is 0 Å². The summed E-state index contributed by atoms with van der Waals surface area (Å²) in [6.45, 7) is 6.81. The summed E-state index contributed by atoms with van der Waals surface area (Å²) < 4.78 is 0. The molecule has 0 rings (SSSR count). The molecule has 0 aromatic heterocycles. The van der Waals surface area contributed by atoms with Gasteiger partial charge in [0, 0.05) is 20.0 Å². The average molecular weight is 319 g/mol. The van der Waals surface area contributed by atoms with E-state index in [0.29, 0.717) is 0 Å². The summed E-state index contributed by atoms with van der Waals surface area (Å²) in [6, 6.07) is 0. The normalized spacial score (nSPS) is 4.50. The van der Waals surface area contributed by atoms with Crippen molar-refractivity contribution in [2.45, 2.75) is 0 Å². The molecule has 0 aliphatic rings. The van der Waals surface area contributed by atoms with E-state index in [2.05, 4.69) is 20.0 Å². The van der Waals surface area contributed by atoms with Gasteiger partial charge in [-0.05, 0) is 7.92 Å². The van der Waals surface area contributed by atoms with Gasteiger partial charge in [-0.1, -0.05) is 0 Å². The van der Waals surface area contributed by atoms with E-state index in [9.17, 15) is 0 Å². The van der Waals surface area contributed by atoms with Crippen molar-refractivity contribution in [3.63, 3.8) is 0 Å². The first-order chi connectivity index (χ1) is 1.73. The van der Waals surface area contributed by atoms with Gasteiger partial charge >= 0.3 is 22.4 Å². The molecular weight excluding hydrogens is 300 g/mol. The molecule has 0 nitrogen and oxygen atoms in total. The summed E-state index contributed by atoms with van der Waals surface area (Å²) in [6.07, 6.45) is 0. The second kappa shape index (κ2) is 24.2. The van der Waals surface area contributed by atoms with Gasteiger partial charge in [0.2, 0.25) is 0 Å². The van der Waals surface area contributed by atoms with Crippen molar-refractivity contribution < 1.29 is 22.4 Å². The van der Waals surface area contributed by atoms with Gasteiger partial charge in [-0.25, -0.2) is 0 Å². The Morgan fingerprint density at radius 3 is 0.750 bits per heavy atom. The maximum Gasteiger partial charge on any atom is 3.00 e. The molecule has 0 aliphatic carbocycles. The first-order valence-corrected chi connectivity index (χ1v) is 4.50. The second-order valence-electron chi connectivity index (χ2n) is 1.50. The van der Waals surface area contributed by atoms with Gasteiger partial charge < -0.3 is 22.3 Å². The summed E-state index contributed by atoms with van der Waals surface area (Å²) in [5.41, 5.74) is 0. The molecule has 8 heavy (non-hydrogen) atoms. The van der Waals surface area contributed by atoms with Crippen LogP contribution in [0.4, 0.5) is 0 Å². The van der Waals surface area contributed by atoms with Crippen LogP contribution in [0.2, 0.25) is 0 Å².